The molecular formula is C28H26N4O8. The molecule has 2 aromatic carbocycles. The van der Waals surface area contributed by atoms with E-state index in [1.165, 1.54) is 18.2 Å². The third kappa shape index (κ3) is 4.61. The first kappa shape index (κ1) is 26.7. The normalized spacial score (nSPS) is 22.5. The molecule has 5 rings (SSSR count). The van der Waals surface area contributed by atoms with Crippen LogP contribution in [0.25, 0.3) is 0 Å². The Morgan fingerprint density at radius 3 is 2.38 bits per heavy atom. The lowest BCUT2D eigenvalue weighted by atomic mass is 9.72. The predicted molar refractivity (Wildman–Crippen MR) is 138 cm³/mol. The average Bonchev–Trinajstić information content (AvgIpc) is 3.18. The number of rotatable bonds is 7. The van der Waals surface area contributed by atoms with Crippen molar-refractivity contribution in [3.05, 3.63) is 59.2 Å². The van der Waals surface area contributed by atoms with Gasteiger partial charge in [-0.1, -0.05) is 25.1 Å². The van der Waals surface area contributed by atoms with E-state index in [0.717, 1.165) is 10.5 Å². The van der Waals surface area contributed by atoms with Crippen molar-refractivity contribution in [3.63, 3.8) is 0 Å². The van der Waals surface area contributed by atoms with Gasteiger partial charge in [0.15, 0.2) is 6.61 Å². The summed E-state index contributed by atoms with van der Waals surface area (Å²) in [5.74, 6) is -3.75. The second-order valence-corrected chi connectivity index (χ2v) is 9.85. The monoisotopic (exact) mass is 546 g/mol. The molecule has 12 nitrogen and oxygen atoms in total. The highest BCUT2D eigenvalue weighted by atomic mass is 16.5. The van der Waals surface area contributed by atoms with Crippen molar-refractivity contribution in [2.45, 2.75) is 50.5 Å². The zero-order valence-electron chi connectivity index (χ0n) is 21.6. The van der Waals surface area contributed by atoms with E-state index in [9.17, 15) is 33.6 Å². The molecule has 0 aliphatic carbocycles. The highest BCUT2D eigenvalue weighted by molar-refractivity contribution is 6.24. The van der Waals surface area contributed by atoms with Crippen molar-refractivity contribution in [3.8, 4) is 5.75 Å². The molecule has 0 spiro atoms. The minimum atomic E-state index is -1.11. The molecule has 2 aromatic rings. The summed E-state index contributed by atoms with van der Waals surface area (Å²) in [7, 11) is 0. The number of carbonyl (C=O) groups excluding carboxylic acids is 7. The molecule has 0 radical (unpaired) electrons. The molecule has 3 aliphatic heterocycles. The van der Waals surface area contributed by atoms with Crippen LogP contribution in [-0.4, -0.2) is 58.9 Å². The van der Waals surface area contributed by atoms with Crippen molar-refractivity contribution in [1.29, 1.82) is 0 Å². The van der Waals surface area contributed by atoms with Crippen molar-refractivity contribution in [1.82, 2.24) is 15.5 Å². The molecule has 40 heavy (non-hydrogen) atoms. The van der Waals surface area contributed by atoms with E-state index >= 15 is 0 Å². The van der Waals surface area contributed by atoms with Gasteiger partial charge in [0.05, 0.1) is 16.5 Å². The van der Waals surface area contributed by atoms with Crippen LogP contribution >= 0.6 is 0 Å². The largest absolute Gasteiger partial charge is 0.483 e. The first-order valence-corrected chi connectivity index (χ1v) is 12.9. The Labute approximate surface area is 228 Å². The lowest BCUT2D eigenvalue weighted by Gasteiger charge is -2.35. The number of amides is 7. The summed E-state index contributed by atoms with van der Waals surface area (Å²) in [5, 5.41) is 7.23. The van der Waals surface area contributed by atoms with Crippen LogP contribution in [0.4, 0.5) is 5.69 Å². The van der Waals surface area contributed by atoms with Gasteiger partial charge in [-0.05, 0) is 49.1 Å². The van der Waals surface area contributed by atoms with Crippen molar-refractivity contribution >= 4 is 47.0 Å². The van der Waals surface area contributed by atoms with Gasteiger partial charge in [0.2, 0.25) is 23.6 Å². The molecular weight excluding hydrogens is 520 g/mol. The summed E-state index contributed by atoms with van der Waals surface area (Å²) in [6.07, 6.45) is 1.18. The Bertz CT molecular complexity index is 1470. The quantitative estimate of drug-likeness (QED) is 0.435. The Kier molecular flexibility index (Phi) is 6.92. The number of ether oxygens (including phenoxy) is 1. The molecule has 3 N–H and O–H groups in total. The highest BCUT2D eigenvalue weighted by Crippen LogP contribution is 2.36. The summed E-state index contributed by atoms with van der Waals surface area (Å²) < 4.78 is 5.61. The van der Waals surface area contributed by atoms with Gasteiger partial charge in [0, 0.05) is 18.5 Å². The maximum Gasteiger partial charge on any atom is 0.266 e. The first-order valence-electron chi connectivity index (χ1n) is 12.9. The zero-order chi connectivity index (χ0) is 28.6. The van der Waals surface area contributed by atoms with Crippen LogP contribution < -0.4 is 20.7 Å². The number of carbonyl (C=O) groups is 7. The molecule has 7 amide bonds. The molecule has 2 fully saturated rings. The van der Waals surface area contributed by atoms with Crippen LogP contribution in [0.15, 0.2) is 42.5 Å². The molecule has 2 saturated heterocycles. The van der Waals surface area contributed by atoms with Crippen LogP contribution in [0.3, 0.4) is 0 Å². The van der Waals surface area contributed by atoms with Gasteiger partial charge in [-0.2, -0.15) is 0 Å². The van der Waals surface area contributed by atoms with Gasteiger partial charge in [-0.15, -0.1) is 0 Å². The van der Waals surface area contributed by atoms with Crippen LogP contribution in [0.1, 0.15) is 65.3 Å². The van der Waals surface area contributed by atoms with Gasteiger partial charge < -0.3 is 10.1 Å². The molecule has 3 aliphatic rings. The lowest BCUT2D eigenvalue weighted by molar-refractivity contribution is -0.139. The lowest BCUT2D eigenvalue weighted by Crippen LogP contribution is -2.54. The number of hydrogen-bond acceptors (Lipinski definition) is 8. The van der Waals surface area contributed by atoms with E-state index in [1.54, 1.807) is 24.3 Å². The number of piperidine rings is 2. The second kappa shape index (κ2) is 10.4. The van der Waals surface area contributed by atoms with E-state index in [4.69, 9.17) is 4.74 Å². The summed E-state index contributed by atoms with van der Waals surface area (Å²) in [4.78, 5) is 87.5. The van der Waals surface area contributed by atoms with Crippen LogP contribution in [0.2, 0.25) is 0 Å². The third-order valence-electron chi connectivity index (χ3n) is 7.58. The zero-order valence-corrected chi connectivity index (χ0v) is 21.6. The topological polar surface area (TPSA) is 168 Å². The number of nitrogens with one attached hydrogen (secondary N) is 3. The number of hydrogen-bond donors (Lipinski definition) is 3. The van der Waals surface area contributed by atoms with Crippen LogP contribution in [-0.2, 0) is 29.4 Å². The molecule has 3 heterocycles. The van der Waals surface area contributed by atoms with Crippen LogP contribution in [0, 0.1) is 0 Å². The number of imide groups is 3. The van der Waals surface area contributed by atoms with E-state index in [0.29, 0.717) is 18.5 Å². The summed E-state index contributed by atoms with van der Waals surface area (Å²) in [6, 6.07) is 10.0. The molecule has 2 unspecified atom stereocenters. The van der Waals surface area contributed by atoms with Crippen molar-refractivity contribution in [2.24, 2.45) is 0 Å². The Morgan fingerprint density at radius 1 is 0.975 bits per heavy atom. The maximum absolute atomic E-state index is 13.2. The van der Waals surface area contributed by atoms with E-state index < -0.39 is 47.6 Å². The standard InChI is InChI=1S/C28H26N4O8/c1-2-28(13-12-21(34)31-27(28)39)15-6-8-16(9-7-15)29-22(35)14-40-19-5-3-4-17-23(19)26(38)32(25(17)37)18-10-11-20(33)30-24(18)36/h3-9,18H,2,10-14H2,1H3,(H,29,35)(H,30,33,36)(H,31,34,39). The second-order valence-electron chi connectivity index (χ2n) is 9.85. The number of benzene rings is 2. The molecule has 12 heteroatoms. The molecule has 0 bridgehead atoms. The van der Waals surface area contributed by atoms with Crippen molar-refractivity contribution < 1.29 is 38.3 Å². The van der Waals surface area contributed by atoms with Crippen LogP contribution in [0.5, 0.6) is 5.75 Å². The van der Waals surface area contributed by atoms with Gasteiger partial charge in [0.1, 0.15) is 11.8 Å². The SMILES string of the molecule is CCC1(c2ccc(NC(=O)COc3cccc4c3C(=O)N(C3CCC(=O)NC3=O)C4=O)cc2)CCC(=O)NC1=O. The predicted octanol–water partition coefficient (Wildman–Crippen LogP) is 1.19. The van der Waals surface area contributed by atoms with Gasteiger partial charge in [0.25, 0.3) is 17.7 Å². The molecule has 206 valence electrons. The molecule has 0 saturated carbocycles. The Balaban J connectivity index is 1.25. The minimum Gasteiger partial charge on any atom is -0.483 e. The fourth-order valence-electron chi connectivity index (χ4n) is 5.38. The fraction of sp³-hybridized carbons (Fsp3) is 0.321. The van der Waals surface area contributed by atoms with Gasteiger partial charge in [-0.3, -0.25) is 49.1 Å². The molecule has 2 atom stereocenters. The fourth-order valence-corrected chi connectivity index (χ4v) is 5.38. The van der Waals surface area contributed by atoms with E-state index in [-0.39, 0.29) is 48.0 Å². The third-order valence-corrected chi connectivity index (χ3v) is 7.58. The Hall–Kier alpha value is -4.87. The molecule has 0 aromatic heterocycles. The van der Waals surface area contributed by atoms with Gasteiger partial charge >= 0.3 is 0 Å². The minimum absolute atomic E-state index is 0.000615. The maximum atomic E-state index is 13.2. The van der Waals surface area contributed by atoms with Crippen molar-refractivity contribution in [2.75, 3.05) is 11.9 Å². The van der Waals surface area contributed by atoms with E-state index in [2.05, 4.69) is 16.0 Å². The summed E-state index contributed by atoms with van der Waals surface area (Å²) >= 11 is 0. The average molecular weight is 547 g/mol. The number of anilines is 1. The first-order chi connectivity index (χ1) is 19.1. The Morgan fingerprint density at radius 2 is 1.70 bits per heavy atom. The smallest absolute Gasteiger partial charge is 0.266 e. The summed E-state index contributed by atoms with van der Waals surface area (Å²) in [5.41, 5.74) is 0.353. The highest BCUT2D eigenvalue weighted by Gasteiger charge is 2.46. The summed E-state index contributed by atoms with van der Waals surface area (Å²) in [6.45, 7) is 1.41. The van der Waals surface area contributed by atoms with E-state index in [1.807, 2.05) is 6.92 Å². The number of nitrogens with zero attached hydrogens (tertiary/aromatic N) is 1. The van der Waals surface area contributed by atoms with Gasteiger partial charge in [-0.25, -0.2) is 0 Å². The number of fused-ring (bicyclic) bond motifs is 1.